The lowest BCUT2D eigenvalue weighted by molar-refractivity contribution is -0.139. The largest absolute Gasteiger partial charge is 0.417 e. The summed E-state index contributed by atoms with van der Waals surface area (Å²) in [6, 6.07) is 15.4. The number of rotatable bonds is 6. The Bertz CT molecular complexity index is 1510. The van der Waals surface area contributed by atoms with Gasteiger partial charge in [0.15, 0.2) is 0 Å². The first-order valence-corrected chi connectivity index (χ1v) is 15.2. The molecule has 10 heteroatoms. The smallest absolute Gasteiger partial charge is 0.383 e. The van der Waals surface area contributed by atoms with Crippen LogP contribution in [0.15, 0.2) is 65.6 Å². The second kappa shape index (κ2) is 11.5. The Morgan fingerprint density at radius 2 is 1.61 bits per heavy atom. The Labute approximate surface area is 238 Å². The molecule has 2 saturated heterocycles. The van der Waals surface area contributed by atoms with Crippen LogP contribution in [0.4, 0.5) is 17.6 Å². The number of alkyl halides is 3. The molecule has 5 rings (SSSR count). The molecule has 2 fully saturated rings. The minimum absolute atomic E-state index is 0.00997. The minimum Gasteiger partial charge on any atom is -0.383 e. The monoisotopic (exact) mass is 590 g/mol. The average Bonchev–Trinajstić information content (AvgIpc) is 2.92. The van der Waals surface area contributed by atoms with E-state index in [4.69, 9.17) is 4.74 Å². The topological polar surface area (TPSA) is 49.9 Å². The summed E-state index contributed by atoms with van der Waals surface area (Å²) < 4.78 is 89.4. The second-order valence-corrected chi connectivity index (χ2v) is 12.8. The van der Waals surface area contributed by atoms with E-state index >= 15 is 0 Å². The van der Waals surface area contributed by atoms with Crippen molar-refractivity contribution < 1.29 is 30.7 Å². The standard InChI is InChI=1S/C31H34F4N2O3S/c1-20-21(2)26(32)15-14-24(20)22-10-12-23(13-11-22)30-27-18-36(16-6-7-17-37(27)28(30)19-40-3)41(38,39)29-9-5-4-8-25(29)31(33,34)35/h4-5,8-15,27-28,30H,6-7,16-19H2,1-3H3/t27-,28+,30?/m0/s1. The predicted molar refractivity (Wildman–Crippen MR) is 150 cm³/mol. The van der Waals surface area contributed by atoms with E-state index in [0.29, 0.717) is 18.6 Å². The summed E-state index contributed by atoms with van der Waals surface area (Å²) in [6.07, 6.45) is -3.52. The molecule has 1 unspecified atom stereocenters. The zero-order chi connectivity index (χ0) is 29.5. The number of benzene rings is 3. The Hall–Kier alpha value is -2.79. The lowest BCUT2D eigenvalue weighted by atomic mass is 9.74. The van der Waals surface area contributed by atoms with Gasteiger partial charge in [-0.2, -0.15) is 17.5 Å². The van der Waals surface area contributed by atoms with Gasteiger partial charge in [-0.25, -0.2) is 12.8 Å². The van der Waals surface area contributed by atoms with Crippen molar-refractivity contribution >= 4 is 10.0 Å². The van der Waals surface area contributed by atoms with E-state index in [2.05, 4.69) is 4.90 Å². The number of fused-ring (bicyclic) bond motifs is 1. The second-order valence-electron chi connectivity index (χ2n) is 10.9. The predicted octanol–water partition coefficient (Wildman–Crippen LogP) is 6.40. The van der Waals surface area contributed by atoms with Crippen molar-refractivity contribution in [2.24, 2.45) is 0 Å². The molecule has 0 radical (unpaired) electrons. The zero-order valence-electron chi connectivity index (χ0n) is 23.3. The molecule has 0 aliphatic carbocycles. The van der Waals surface area contributed by atoms with Crippen LogP contribution in [0.25, 0.3) is 11.1 Å². The summed E-state index contributed by atoms with van der Waals surface area (Å²) in [5.41, 5.74) is 3.20. The molecule has 2 aliphatic rings. The number of nitrogens with zero attached hydrogens (tertiary/aromatic N) is 2. The molecule has 0 bridgehead atoms. The van der Waals surface area contributed by atoms with Crippen molar-refractivity contribution in [1.29, 1.82) is 0 Å². The molecule has 220 valence electrons. The van der Waals surface area contributed by atoms with Crippen LogP contribution in [0, 0.1) is 19.7 Å². The Morgan fingerprint density at radius 1 is 0.927 bits per heavy atom. The number of halogens is 4. The lowest BCUT2D eigenvalue weighted by Crippen LogP contribution is -2.68. The van der Waals surface area contributed by atoms with Gasteiger partial charge in [-0.3, -0.25) is 4.90 Å². The maximum atomic E-state index is 14.0. The first kappa shape index (κ1) is 29.7. The van der Waals surface area contributed by atoms with Crippen LogP contribution in [0.3, 0.4) is 0 Å². The molecule has 2 aliphatic heterocycles. The van der Waals surface area contributed by atoms with Gasteiger partial charge in [-0.15, -0.1) is 0 Å². The third-order valence-electron chi connectivity index (χ3n) is 8.62. The van der Waals surface area contributed by atoms with Gasteiger partial charge < -0.3 is 4.74 Å². The summed E-state index contributed by atoms with van der Waals surface area (Å²) >= 11 is 0. The van der Waals surface area contributed by atoms with Crippen molar-refractivity contribution in [1.82, 2.24) is 9.21 Å². The maximum Gasteiger partial charge on any atom is 0.417 e. The fraction of sp³-hybridized carbons (Fsp3) is 0.419. The van der Waals surface area contributed by atoms with E-state index in [0.717, 1.165) is 47.4 Å². The van der Waals surface area contributed by atoms with Crippen molar-refractivity contribution in [2.75, 3.05) is 33.4 Å². The van der Waals surface area contributed by atoms with Crippen LogP contribution in [-0.2, 0) is 20.9 Å². The van der Waals surface area contributed by atoms with E-state index < -0.39 is 26.7 Å². The Kier molecular flexibility index (Phi) is 8.31. The Balaban J connectivity index is 1.47. The highest BCUT2D eigenvalue weighted by Gasteiger charge is 2.51. The summed E-state index contributed by atoms with van der Waals surface area (Å²) in [6.45, 7) is 5.08. The zero-order valence-corrected chi connectivity index (χ0v) is 24.1. The van der Waals surface area contributed by atoms with E-state index in [1.165, 1.54) is 22.5 Å². The van der Waals surface area contributed by atoms with Gasteiger partial charge in [-0.05, 0) is 79.3 Å². The minimum atomic E-state index is -4.79. The summed E-state index contributed by atoms with van der Waals surface area (Å²) in [5.74, 6) is -0.324. The number of hydrogen-bond donors (Lipinski definition) is 0. The third kappa shape index (κ3) is 5.55. The summed E-state index contributed by atoms with van der Waals surface area (Å²) in [7, 11) is -2.78. The van der Waals surface area contributed by atoms with E-state index in [9.17, 15) is 26.0 Å². The average molecular weight is 591 g/mol. The molecular weight excluding hydrogens is 556 g/mol. The van der Waals surface area contributed by atoms with Crippen molar-refractivity contribution in [3.8, 4) is 11.1 Å². The molecule has 41 heavy (non-hydrogen) atoms. The number of methoxy groups -OCH3 is 1. The lowest BCUT2D eigenvalue weighted by Gasteiger charge is -2.57. The van der Waals surface area contributed by atoms with Crippen LogP contribution in [-0.4, -0.2) is 63.1 Å². The highest BCUT2D eigenvalue weighted by Crippen LogP contribution is 2.44. The van der Waals surface area contributed by atoms with Crippen LogP contribution in [0.1, 0.15) is 41.0 Å². The van der Waals surface area contributed by atoms with Crippen molar-refractivity contribution in [2.45, 2.75) is 55.8 Å². The molecule has 3 aromatic rings. The van der Waals surface area contributed by atoms with E-state index in [1.54, 1.807) is 20.1 Å². The van der Waals surface area contributed by atoms with Crippen LogP contribution in [0.2, 0.25) is 0 Å². The molecule has 3 aromatic carbocycles. The van der Waals surface area contributed by atoms with Gasteiger partial charge in [0, 0.05) is 38.2 Å². The molecule has 0 spiro atoms. The van der Waals surface area contributed by atoms with Gasteiger partial charge in [0.1, 0.15) is 5.82 Å². The van der Waals surface area contributed by atoms with E-state index in [1.807, 2.05) is 31.2 Å². The fourth-order valence-electron chi connectivity index (χ4n) is 6.33. The normalized spacial score (nSPS) is 22.5. The quantitative estimate of drug-likeness (QED) is 0.312. The van der Waals surface area contributed by atoms with Gasteiger partial charge in [0.05, 0.1) is 17.1 Å². The number of hydrogen-bond acceptors (Lipinski definition) is 4. The molecular formula is C31H34F4N2O3S. The van der Waals surface area contributed by atoms with Crippen LogP contribution in [0.5, 0.6) is 0 Å². The Morgan fingerprint density at radius 3 is 2.29 bits per heavy atom. The van der Waals surface area contributed by atoms with Crippen LogP contribution >= 0.6 is 0 Å². The highest BCUT2D eigenvalue weighted by molar-refractivity contribution is 7.89. The SMILES string of the molecule is COC[C@@H]1C(c2ccc(-c3ccc(F)c(C)c3C)cc2)[C@@H]2CN(S(=O)(=O)c3ccccc3C(F)(F)F)CCCCN12. The van der Waals surface area contributed by atoms with E-state index in [-0.39, 0.29) is 36.9 Å². The van der Waals surface area contributed by atoms with Gasteiger partial charge in [-0.1, -0.05) is 42.5 Å². The maximum absolute atomic E-state index is 14.0. The molecule has 2 heterocycles. The molecule has 0 amide bonds. The summed E-state index contributed by atoms with van der Waals surface area (Å²) in [4.78, 5) is 1.52. The first-order valence-electron chi connectivity index (χ1n) is 13.7. The van der Waals surface area contributed by atoms with Crippen molar-refractivity contribution in [3.05, 3.63) is 88.7 Å². The number of sulfonamides is 1. The molecule has 0 saturated carbocycles. The third-order valence-corrected chi connectivity index (χ3v) is 10.5. The molecule has 5 nitrogen and oxygen atoms in total. The van der Waals surface area contributed by atoms with Gasteiger partial charge >= 0.3 is 6.18 Å². The first-order chi connectivity index (χ1) is 19.4. The molecule has 3 atom stereocenters. The molecule has 0 aromatic heterocycles. The van der Waals surface area contributed by atoms with Crippen molar-refractivity contribution in [3.63, 3.8) is 0 Å². The van der Waals surface area contributed by atoms with Gasteiger partial charge in [0.25, 0.3) is 0 Å². The highest BCUT2D eigenvalue weighted by atomic mass is 32.2. The van der Waals surface area contributed by atoms with Crippen LogP contribution < -0.4 is 0 Å². The summed E-state index contributed by atoms with van der Waals surface area (Å²) in [5, 5.41) is 0. The fourth-order valence-corrected chi connectivity index (χ4v) is 8.04. The number of ether oxygens (including phenoxy) is 1. The molecule has 0 N–H and O–H groups in total. The van der Waals surface area contributed by atoms with Gasteiger partial charge in [0.2, 0.25) is 10.0 Å².